The second kappa shape index (κ2) is 5.30. The van der Waals surface area contributed by atoms with Crippen molar-refractivity contribution in [2.24, 2.45) is 0 Å². The topological polar surface area (TPSA) is 42.0 Å². The molecule has 1 aromatic rings. The Bertz CT molecular complexity index is 259. The van der Waals surface area contributed by atoms with Crippen LogP contribution in [0, 0.1) is 0 Å². The van der Waals surface area contributed by atoms with Crippen molar-refractivity contribution < 1.29 is 4.79 Å². The zero-order valence-corrected chi connectivity index (χ0v) is 7.79. The Hall–Kier alpha value is -1.38. The summed E-state index contributed by atoms with van der Waals surface area (Å²) in [5, 5.41) is 2.81. The minimum absolute atomic E-state index is 0.0647. The van der Waals surface area contributed by atoms with E-state index < -0.39 is 0 Å². The van der Waals surface area contributed by atoms with E-state index in [2.05, 4.69) is 10.3 Å². The number of amides is 1. The van der Waals surface area contributed by atoms with E-state index in [0.29, 0.717) is 6.42 Å². The number of carbonyl (C=O) groups excluding carboxylic acids is 1. The zero-order valence-electron chi connectivity index (χ0n) is 7.79. The second-order valence-electron chi connectivity index (χ2n) is 2.89. The Morgan fingerprint density at radius 2 is 2.46 bits per heavy atom. The SMILES string of the molecule is CCCNC(=O)Cc1cccnc1. The Morgan fingerprint density at radius 3 is 3.08 bits per heavy atom. The van der Waals surface area contributed by atoms with Crippen LogP contribution in [0.3, 0.4) is 0 Å². The van der Waals surface area contributed by atoms with Gasteiger partial charge in [-0.25, -0.2) is 0 Å². The molecule has 1 aromatic heterocycles. The molecule has 1 amide bonds. The molecule has 0 fully saturated rings. The molecule has 3 nitrogen and oxygen atoms in total. The largest absolute Gasteiger partial charge is 0.356 e. The highest BCUT2D eigenvalue weighted by atomic mass is 16.1. The van der Waals surface area contributed by atoms with Crippen LogP contribution in [0.1, 0.15) is 18.9 Å². The van der Waals surface area contributed by atoms with Gasteiger partial charge in [0.05, 0.1) is 6.42 Å². The van der Waals surface area contributed by atoms with E-state index in [-0.39, 0.29) is 5.91 Å². The third kappa shape index (κ3) is 3.69. The molecule has 0 radical (unpaired) electrons. The lowest BCUT2D eigenvalue weighted by Gasteiger charge is -2.02. The van der Waals surface area contributed by atoms with Gasteiger partial charge in [-0.3, -0.25) is 9.78 Å². The zero-order chi connectivity index (χ0) is 9.52. The van der Waals surface area contributed by atoms with E-state index in [4.69, 9.17) is 0 Å². The normalized spacial score (nSPS) is 9.62. The van der Waals surface area contributed by atoms with Crippen molar-refractivity contribution in [1.82, 2.24) is 10.3 Å². The maximum Gasteiger partial charge on any atom is 0.224 e. The van der Waals surface area contributed by atoms with E-state index in [1.807, 2.05) is 19.1 Å². The first-order valence-electron chi connectivity index (χ1n) is 4.48. The maximum atomic E-state index is 11.2. The van der Waals surface area contributed by atoms with Gasteiger partial charge in [-0.15, -0.1) is 0 Å². The quantitative estimate of drug-likeness (QED) is 0.751. The molecule has 0 aliphatic heterocycles. The standard InChI is InChI=1S/C10H14N2O/c1-2-5-12-10(13)7-9-4-3-6-11-8-9/h3-4,6,8H,2,5,7H2,1H3,(H,12,13). The van der Waals surface area contributed by atoms with Crippen LogP contribution in [-0.2, 0) is 11.2 Å². The van der Waals surface area contributed by atoms with Crippen LogP contribution in [0.25, 0.3) is 0 Å². The number of aromatic nitrogens is 1. The summed E-state index contributed by atoms with van der Waals surface area (Å²) in [5.74, 6) is 0.0647. The first kappa shape index (κ1) is 9.71. The lowest BCUT2D eigenvalue weighted by Crippen LogP contribution is -2.25. The van der Waals surface area contributed by atoms with Gasteiger partial charge in [0.1, 0.15) is 0 Å². The maximum absolute atomic E-state index is 11.2. The first-order chi connectivity index (χ1) is 6.33. The van der Waals surface area contributed by atoms with Gasteiger partial charge < -0.3 is 5.32 Å². The lowest BCUT2D eigenvalue weighted by molar-refractivity contribution is -0.120. The van der Waals surface area contributed by atoms with Gasteiger partial charge in [0.25, 0.3) is 0 Å². The molecule has 0 saturated carbocycles. The number of carbonyl (C=O) groups is 1. The monoisotopic (exact) mass is 178 g/mol. The summed E-state index contributed by atoms with van der Waals surface area (Å²) in [5.41, 5.74) is 0.955. The molecule has 1 rings (SSSR count). The van der Waals surface area contributed by atoms with Crippen LogP contribution in [0.2, 0.25) is 0 Å². The third-order valence-corrected chi connectivity index (χ3v) is 1.66. The van der Waals surface area contributed by atoms with Gasteiger partial charge in [0, 0.05) is 18.9 Å². The van der Waals surface area contributed by atoms with Gasteiger partial charge in [0.15, 0.2) is 0 Å². The van der Waals surface area contributed by atoms with Crippen molar-refractivity contribution in [3.8, 4) is 0 Å². The molecular weight excluding hydrogens is 164 g/mol. The Balaban J connectivity index is 2.37. The number of nitrogens with one attached hydrogen (secondary N) is 1. The van der Waals surface area contributed by atoms with Crippen LogP contribution in [0.4, 0.5) is 0 Å². The molecule has 0 bridgehead atoms. The fraction of sp³-hybridized carbons (Fsp3) is 0.400. The molecule has 70 valence electrons. The summed E-state index contributed by atoms with van der Waals surface area (Å²) in [6.45, 7) is 2.78. The van der Waals surface area contributed by atoms with Gasteiger partial charge in [-0.05, 0) is 18.1 Å². The van der Waals surface area contributed by atoms with Crippen molar-refractivity contribution in [3.05, 3.63) is 30.1 Å². The molecule has 13 heavy (non-hydrogen) atoms. The van der Waals surface area contributed by atoms with Gasteiger partial charge in [-0.1, -0.05) is 13.0 Å². The number of hydrogen-bond donors (Lipinski definition) is 1. The Morgan fingerprint density at radius 1 is 1.62 bits per heavy atom. The number of rotatable bonds is 4. The number of pyridine rings is 1. The molecule has 0 unspecified atom stereocenters. The highest BCUT2D eigenvalue weighted by molar-refractivity contribution is 5.78. The average Bonchev–Trinajstić information content (AvgIpc) is 2.16. The van der Waals surface area contributed by atoms with E-state index in [0.717, 1.165) is 18.5 Å². The molecule has 1 N–H and O–H groups in total. The summed E-state index contributed by atoms with van der Waals surface area (Å²) < 4.78 is 0. The molecule has 0 atom stereocenters. The van der Waals surface area contributed by atoms with Crippen LogP contribution in [0.5, 0.6) is 0 Å². The molecule has 0 aliphatic rings. The van der Waals surface area contributed by atoms with Crippen molar-refractivity contribution in [3.63, 3.8) is 0 Å². The van der Waals surface area contributed by atoms with Crippen molar-refractivity contribution in [2.75, 3.05) is 6.54 Å². The first-order valence-corrected chi connectivity index (χ1v) is 4.48. The third-order valence-electron chi connectivity index (χ3n) is 1.66. The molecule has 0 spiro atoms. The van der Waals surface area contributed by atoms with Crippen LogP contribution >= 0.6 is 0 Å². The van der Waals surface area contributed by atoms with Crippen molar-refractivity contribution in [1.29, 1.82) is 0 Å². The molecular formula is C10H14N2O. The van der Waals surface area contributed by atoms with Crippen LogP contribution in [0.15, 0.2) is 24.5 Å². The molecule has 1 heterocycles. The summed E-state index contributed by atoms with van der Waals surface area (Å²) in [7, 11) is 0. The van der Waals surface area contributed by atoms with Crippen LogP contribution in [-0.4, -0.2) is 17.4 Å². The fourth-order valence-electron chi connectivity index (χ4n) is 1.02. The lowest BCUT2D eigenvalue weighted by atomic mass is 10.2. The average molecular weight is 178 g/mol. The highest BCUT2D eigenvalue weighted by Crippen LogP contribution is 1.96. The highest BCUT2D eigenvalue weighted by Gasteiger charge is 2.00. The summed E-state index contributed by atoms with van der Waals surface area (Å²) in [6, 6.07) is 3.74. The van der Waals surface area contributed by atoms with E-state index in [1.54, 1.807) is 12.4 Å². The predicted molar refractivity (Wildman–Crippen MR) is 51.2 cm³/mol. The summed E-state index contributed by atoms with van der Waals surface area (Å²) in [4.78, 5) is 15.2. The molecule has 0 aromatic carbocycles. The second-order valence-corrected chi connectivity index (χ2v) is 2.89. The smallest absolute Gasteiger partial charge is 0.224 e. The Labute approximate surface area is 78.2 Å². The van der Waals surface area contributed by atoms with E-state index in [9.17, 15) is 4.79 Å². The Kier molecular flexibility index (Phi) is 3.96. The number of nitrogens with zero attached hydrogens (tertiary/aromatic N) is 1. The van der Waals surface area contributed by atoms with E-state index in [1.165, 1.54) is 0 Å². The van der Waals surface area contributed by atoms with Crippen LogP contribution < -0.4 is 5.32 Å². The molecule has 3 heteroatoms. The fourth-order valence-corrected chi connectivity index (χ4v) is 1.02. The van der Waals surface area contributed by atoms with Gasteiger partial charge in [-0.2, -0.15) is 0 Å². The van der Waals surface area contributed by atoms with Crippen molar-refractivity contribution >= 4 is 5.91 Å². The minimum Gasteiger partial charge on any atom is -0.356 e. The predicted octanol–water partition coefficient (Wildman–Crippen LogP) is 1.15. The van der Waals surface area contributed by atoms with E-state index >= 15 is 0 Å². The minimum atomic E-state index is 0.0647. The summed E-state index contributed by atoms with van der Waals surface area (Å²) in [6.07, 6.45) is 4.81. The molecule has 0 saturated heterocycles. The molecule has 0 aliphatic carbocycles. The van der Waals surface area contributed by atoms with Gasteiger partial charge >= 0.3 is 0 Å². The van der Waals surface area contributed by atoms with Crippen molar-refractivity contribution in [2.45, 2.75) is 19.8 Å². The van der Waals surface area contributed by atoms with Gasteiger partial charge in [0.2, 0.25) is 5.91 Å². The number of hydrogen-bond acceptors (Lipinski definition) is 2. The summed E-state index contributed by atoms with van der Waals surface area (Å²) >= 11 is 0.